The molecule has 0 unspecified atom stereocenters. The zero-order valence-electron chi connectivity index (χ0n) is 14.0. The lowest BCUT2D eigenvalue weighted by molar-refractivity contribution is 0.671. The molecule has 1 N–H and O–H groups in total. The van der Waals surface area contributed by atoms with Crippen LogP contribution in [0.2, 0.25) is 0 Å². The van der Waals surface area contributed by atoms with Crippen molar-refractivity contribution in [1.29, 1.82) is 0 Å². The molecule has 0 amide bonds. The summed E-state index contributed by atoms with van der Waals surface area (Å²) in [6.45, 7) is 11.0. The number of rotatable bonds is 10. The zero-order chi connectivity index (χ0) is 15.1. The molecule has 118 valence electrons. The lowest BCUT2D eigenvalue weighted by Crippen LogP contribution is -2.27. The predicted octanol–water partition coefficient (Wildman–Crippen LogP) is 3.77. The number of nitrogens with zero attached hydrogens (tertiary/aromatic N) is 2. The van der Waals surface area contributed by atoms with Gasteiger partial charge in [-0.1, -0.05) is 20.3 Å². The monoisotopic (exact) mass is 289 g/mol. The summed E-state index contributed by atoms with van der Waals surface area (Å²) >= 11 is 0. The van der Waals surface area contributed by atoms with Gasteiger partial charge in [-0.3, -0.25) is 0 Å². The van der Waals surface area contributed by atoms with Gasteiger partial charge in [0.15, 0.2) is 0 Å². The van der Waals surface area contributed by atoms with Crippen LogP contribution in [0.1, 0.15) is 57.7 Å². The van der Waals surface area contributed by atoms with Crippen LogP contribution in [0.15, 0.2) is 12.1 Å². The van der Waals surface area contributed by atoms with Gasteiger partial charge in [0, 0.05) is 25.3 Å². The first-order valence-electron chi connectivity index (χ1n) is 8.72. The van der Waals surface area contributed by atoms with E-state index in [2.05, 4.69) is 43.1 Å². The Hall–Kier alpha value is -1.09. The van der Waals surface area contributed by atoms with Crippen molar-refractivity contribution in [3.63, 3.8) is 0 Å². The standard InChI is InChI=1S/C18H31N3/c1-4-7-17-11-16(13-19-10-5-2)12-18(20-17)21(6-3)14-15-8-9-15/h11-12,15,19H,4-10,13-14H2,1-3H3. The molecule has 1 aromatic rings. The average Bonchev–Trinajstić information content (AvgIpc) is 3.29. The Kier molecular flexibility index (Phi) is 6.50. The summed E-state index contributed by atoms with van der Waals surface area (Å²) in [7, 11) is 0. The van der Waals surface area contributed by atoms with Crippen molar-refractivity contribution in [2.24, 2.45) is 5.92 Å². The minimum Gasteiger partial charge on any atom is -0.357 e. The SMILES string of the molecule is CCCNCc1cc(CCC)nc(N(CC)CC2CC2)c1. The van der Waals surface area contributed by atoms with E-state index in [-0.39, 0.29) is 0 Å². The maximum Gasteiger partial charge on any atom is 0.129 e. The van der Waals surface area contributed by atoms with Gasteiger partial charge in [-0.15, -0.1) is 0 Å². The molecule has 0 saturated heterocycles. The number of pyridine rings is 1. The normalized spacial score (nSPS) is 14.4. The largest absolute Gasteiger partial charge is 0.357 e. The molecule has 2 rings (SSSR count). The number of hydrogen-bond donors (Lipinski definition) is 1. The summed E-state index contributed by atoms with van der Waals surface area (Å²) in [6.07, 6.45) is 6.22. The lowest BCUT2D eigenvalue weighted by atomic mass is 10.1. The van der Waals surface area contributed by atoms with E-state index in [0.29, 0.717) is 0 Å². The van der Waals surface area contributed by atoms with Gasteiger partial charge in [-0.2, -0.15) is 0 Å². The highest BCUT2D eigenvalue weighted by Gasteiger charge is 2.24. The Balaban J connectivity index is 2.12. The van der Waals surface area contributed by atoms with Crippen LogP contribution in [0.5, 0.6) is 0 Å². The lowest BCUT2D eigenvalue weighted by Gasteiger charge is -2.23. The van der Waals surface area contributed by atoms with Gasteiger partial charge in [0.1, 0.15) is 5.82 Å². The van der Waals surface area contributed by atoms with Gasteiger partial charge < -0.3 is 10.2 Å². The fourth-order valence-electron chi connectivity index (χ4n) is 2.69. The molecule has 3 nitrogen and oxygen atoms in total. The second kappa shape index (κ2) is 8.38. The van der Waals surface area contributed by atoms with Gasteiger partial charge in [0.05, 0.1) is 0 Å². The van der Waals surface area contributed by atoms with E-state index in [1.165, 1.54) is 42.9 Å². The van der Waals surface area contributed by atoms with Crippen LogP contribution in [0.25, 0.3) is 0 Å². The summed E-state index contributed by atoms with van der Waals surface area (Å²) in [5, 5.41) is 3.51. The summed E-state index contributed by atoms with van der Waals surface area (Å²) in [6, 6.07) is 4.56. The molecule has 1 aliphatic rings. The van der Waals surface area contributed by atoms with Crippen molar-refractivity contribution in [2.45, 2.75) is 59.4 Å². The topological polar surface area (TPSA) is 28.2 Å². The Morgan fingerprint density at radius 2 is 2.00 bits per heavy atom. The van der Waals surface area contributed by atoms with Crippen molar-refractivity contribution >= 4 is 5.82 Å². The van der Waals surface area contributed by atoms with Gasteiger partial charge in [0.2, 0.25) is 0 Å². The fraction of sp³-hybridized carbons (Fsp3) is 0.722. The predicted molar refractivity (Wildman–Crippen MR) is 90.8 cm³/mol. The molecule has 0 radical (unpaired) electrons. The Morgan fingerprint density at radius 3 is 2.62 bits per heavy atom. The molecular formula is C18H31N3. The molecule has 3 heteroatoms. The minimum atomic E-state index is 0.906. The molecule has 0 aliphatic heterocycles. The van der Waals surface area contributed by atoms with Crippen LogP contribution in [-0.4, -0.2) is 24.6 Å². The molecule has 1 fully saturated rings. The van der Waals surface area contributed by atoms with Crippen molar-refractivity contribution < 1.29 is 0 Å². The molecule has 0 atom stereocenters. The van der Waals surface area contributed by atoms with Crippen LogP contribution in [0.3, 0.4) is 0 Å². The van der Waals surface area contributed by atoms with E-state index >= 15 is 0 Å². The summed E-state index contributed by atoms with van der Waals surface area (Å²) in [5.41, 5.74) is 2.63. The van der Waals surface area contributed by atoms with Crippen molar-refractivity contribution in [3.05, 3.63) is 23.4 Å². The number of aryl methyl sites for hydroxylation is 1. The van der Waals surface area contributed by atoms with Crippen LogP contribution in [0.4, 0.5) is 5.82 Å². The third-order valence-corrected chi connectivity index (χ3v) is 4.07. The highest BCUT2D eigenvalue weighted by atomic mass is 15.2. The number of anilines is 1. The van der Waals surface area contributed by atoms with Gasteiger partial charge in [-0.05, 0) is 62.8 Å². The Morgan fingerprint density at radius 1 is 1.19 bits per heavy atom. The molecular weight excluding hydrogens is 258 g/mol. The number of nitrogens with one attached hydrogen (secondary N) is 1. The third kappa shape index (κ3) is 5.31. The molecule has 1 aromatic heterocycles. The number of aromatic nitrogens is 1. The molecule has 1 aliphatic carbocycles. The van der Waals surface area contributed by atoms with E-state index in [1.54, 1.807) is 0 Å². The smallest absolute Gasteiger partial charge is 0.129 e. The Bertz CT molecular complexity index is 426. The van der Waals surface area contributed by atoms with Gasteiger partial charge in [0.25, 0.3) is 0 Å². The first kappa shape index (κ1) is 16.3. The van der Waals surface area contributed by atoms with Crippen molar-refractivity contribution in [3.8, 4) is 0 Å². The van der Waals surface area contributed by atoms with Gasteiger partial charge in [-0.25, -0.2) is 4.98 Å². The molecule has 1 saturated carbocycles. The number of hydrogen-bond acceptors (Lipinski definition) is 3. The second-order valence-electron chi connectivity index (χ2n) is 6.23. The van der Waals surface area contributed by atoms with Crippen LogP contribution in [0, 0.1) is 5.92 Å². The van der Waals surface area contributed by atoms with E-state index in [9.17, 15) is 0 Å². The minimum absolute atomic E-state index is 0.906. The highest BCUT2D eigenvalue weighted by molar-refractivity contribution is 5.43. The maximum absolute atomic E-state index is 4.90. The van der Waals surface area contributed by atoms with Crippen molar-refractivity contribution in [1.82, 2.24) is 10.3 Å². The van der Waals surface area contributed by atoms with Crippen LogP contribution >= 0.6 is 0 Å². The summed E-state index contributed by atoms with van der Waals surface area (Å²) in [4.78, 5) is 7.36. The first-order chi connectivity index (χ1) is 10.3. The van der Waals surface area contributed by atoms with Gasteiger partial charge >= 0.3 is 0 Å². The van der Waals surface area contributed by atoms with E-state index in [1.807, 2.05) is 0 Å². The van der Waals surface area contributed by atoms with E-state index in [0.717, 1.165) is 38.4 Å². The van der Waals surface area contributed by atoms with E-state index in [4.69, 9.17) is 4.98 Å². The first-order valence-corrected chi connectivity index (χ1v) is 8.72. The zero-order valence-corrected chi connectivity index (χ0v) is 14.0. The van der Waals surface area contributed by atoms with Crippen LogP contribution in [-0.2, 0) is 13.0 Å². The molecule has 1 heterocycles. The highest BCUT2D eigenvalue weighted by Crippen LogP contribution is 2.31. The maximum atomic E-state index is 4.90. The fourth-order valence-corrected chi connectivity index (χ4v) is 2.69. The second-order valence-corrected chi connectivity index (χ2v) is 6.23. The molecule has 21 heavy (non-hydrogen) atoms. The quantitative estimate of drug-likeness (QED) is 0.665. The van der Waals surface area contributed by atoms with Crippen molar-refractivity contribution in [2.75, 3.05) is 24.5 Å². The average molecular weight is 289 g/mol. The van der Waals surface area contributed by atoms with E-state index < -0.39 is 0 Å². The molecule has 0 aromatic carbocycles. The van der Waals surface area contributed by atoms with Crippen LogP contribution < -0.4 is 10.2 Å². The summed E-state index contributed by atoms with van der Waals surface area (Å²) < 4.78 is 0. The molecule has 0 spiro atoms. The molecule has 0 bridgehead atoms. The Labute approximate surface area is 130 Å². The summed E-state index contributed by atoms with van der Waals surface area (Å²) in [5.74, 6) is 2.09. The third-order valence-electron chi connectivity index (χ3n) is 4.07.